The molecule has 0 N–H and O–H groups in total. The van der Waals surface area contributed by atoms with Crippen LogP contribution in [0, 0.1) is 5.13 Å². The normalized spacial score (nSPS) is 21.5. The van der Waals surface area contributed by atoms with Gasteiger partial charge in [0.1, 0.15) is 5.01 Å². The second-order valence-corrected chi connectivity index (χ2v) is 8.83. The van der Waals surface area contributed by atoms with Gasteiger partial charge in [0.2, 0.25) is 11.8 Å². The summed E-state index contributed by atoms with van der Waals surface area (Å²) in [6.45, 7) is 3.42. The van der Waals surface area contributed by atoms with E-state index in [1.54, 1.807) is 11.8 Å². The first-order valence-corrected chi connectivity index (χ1v) is 9.95. The molecule has 5 nitrogen and oxygen atoms in total. The van der Waals surface area contributed by atoms with Crippen molar-refractivity contribution in [2.24, 2.45) is 0 Å². The minimum absolute atomic E-state index is 0.0569. The fraction of sp³-hybridized carbons (Fsp3) is 0.389. The Kier molecular flexibility index (Phi) is 4.35. The standard InChI is InChI=1S/C18H17BrFN3O2S/c1-11(24)22-5-4-18(9-22)10-23(14-3-2-12(19)6-13(14)18)17(25)7-16-21-8-15(20)26-16/h2-3,6,8H,4-5,7,9-10H2,1H3/t18-/m1/s1. The second-order valence-electron chi connectivity index (χ2n) is 6.85. The smallest absolute Gasteiger partial charge is 0.233 e. The first kappa shape index (κ1) is 17.6. The molecule has 3 heterocycles. The quantitative estimate of drug-likeness (QED) is 0.724. The number of carbonyl (C=O) groups is 2. The average molecular weight is 438 g/mol. The van der Waals surface area contributed by atoms with Crippen LogP contribution in [0.2, 0.25) is 0 Å². The number of rotatable bonds is 2. The van der Waals surface area contributed by atoms with Crippen LogP contribution in [0.5, 0.6) is 0 Å². The van der Waals surface area contributed by atoms with Crippen molar-refractivity contribution >= 4 is 44.8 Å². The number of nitrogens with zero attached hydrogens (tertiary/aromatic N) is 3. The molecular formula is C18H17BrFN3O2S. The van der Waals surface area contributed by atoms with Crippen molar-refractivity contribution in [3.63, 3.8) is 0 Å². The number of amides is 2. The summed E-state index contributed by atoms with van der Waals surface area (Å²) >= 11 is 4.42. The molecule has 26 heavy (non-hydrogen) atoms. The topological polar surface area (TPSA) is 53.5 Å². The van der Waals surface area contributed by atoms with Gasteiger partial charge in [-0.1, -0.05) is 27.3 Å². The molecule has 0 saturated carbocycles. The molecule has 1 spiro atoms. The van der Waals surface area contributed by atoms with Crippen LogP contribution in [0.3, 0.4) is 0 Å². The van der Waals surface area contributed by atoms with Gasteiger partial charge in [-0.3, -0.25) is 9.59 Å². The second kappa shape index (κ2) is 6.42. The summed E-state index contributed by atoms with van der Waals surface area (Å²) < 4.78 is 14.1. The van der Waals surface area contributed by atoms with Crippen LogP contribution in [0.25, 0.3) is 0 Å². The molecule has 0 unspecified atom stereocenters. The van der Waals surface area contributed by atoms with Crippen molar-refractivity contribution in [2.75, 3.05) is 24.5 Å². The molecule has 4 rings (SSSR count). The van der Waals surface area contributed by atoms with E-state index in [2.05, 4.69) is 27.0 Å². The first-order chi connectivity index (χ1) is 12.4. The minimum atomic E-state index is -0.386. The Morgan fingerprint density at radius 2 is 2.19 bits per heavy atom. The number of thiazole rings is 1. The molecule has 0 bridgehead atoms. The SMILES string of the molecule is CC(=O)N1CC[C@@]2(C1)CN(C(=O)Cc1ncc(F)s1)c1ccc(Br)cc12. The summed E-state index contributed by atoms with van der Waals surface area (Å²) in [6, 6.07) is 5.90. The Bertz CT molecular complexity index is 902. The van der Waals surface area contributed by atoms with Crippen LogP contribution in [-0.4, -0.2) is 41.3 Å². The molecule has 2 aromatic rings. The zero-order valence-electron chi connectivity index (χ0n) is 14.2. The van der Waals surface area contributed by atoms with Crippen molar-refractivity contribution < 1.29 is 14.0 Å². The van der Waals surface area contributed by atoms with Crippen molar-refractivity contribution in [1.29, 1.82) is 0 Å². The monoisotopic (exact) mass is 437 g/mol. The minimum Gasteiger partial charge on any atom is -0.342 e. The molecular weight excluding hydrogens is 421 g/mol. The fourth-order valence-corrected chi connectivity index (χ4v) is 4.94. The number of fused-ring (bicyclic) bond motifs is 2. The molecule has 1 aromatic heterocycles. The zero-order valence-corrected chi connectivity index (χ0v) is 16.6. The highest BCUT2D eigenvalue weighted by Crippen LogP contribution is 2.47. The van der Waals surface area contributed by atoms with Crippen molar-refractivity contribution in [3.8, 4) is 0 Å². The van der Waals surface area contributed by atoms with E-state index in [0.717, 1.165) is 39.7 Å². The number of hydrogen-bond acceptors (Lipinski definition) is 4. The van der Waals surface area contributed by atoms with E-state index in [0.29, 0.717) is 24.6 Å². The predicted octanol–water partition coefficient (Wildman–Crippen LogP) is 3.12. The van der Waals surface area contributed by atoms with E-state index < -0.39 is 0 Å². The summed E-state index contributed by atoms with van der Waals surface area (Å²) in [7, 11) is 0. The summed E-state index contributed by atoms with van der Waals surface area (Å²) in [4.78, 5) is 32.3. The van der Waals surface area contributed by atoms with E-state index >= 15 is 0 Å². The van der Waals surface area contributed by atoms with Gasteiger partial charge in [0.25, 0.3) is 0 Å². The summed E-state index contributed by atoms with van der Waals surface area (Å²) in [5, 5.41) is 0.0896. The lowest BCUT2D eigenvalue weighted by molar-refractivity contribution is -0.127. The highest BCUT2D eigenvalue weighted by molar-refractivity contribution is 9.10. The van der Waals surface area contributed by atoms with Gasteiger partial charge in [-0.05, 0) is 30.2 Å². The number of halogens is 2. The Labute approximate surface area is 162 Å². The Balaban J connectivity index is 1.66. The summed E-state index contributed by atoms with van der Waals surface area (Å²) in [5.41, 5.74) is 1.73. The number of hydrogen-bond donors (Lipinski definition) is 0. The third kappa shape index (κ3) is 2.95. The van der Waals surface area contributed by atoms with E-state index in [9.17, 15) is 14.0 Å². The van der Waals surface area contributed by atoms with Gasteiger partial charge in [0.05, 0.1) is 12.6 Å². The van der Waals surface area contributed by atoms with Gasteiger partial charge in [-0.15, -0.1) is 0 Å². The van der Waals surface area contributed by atoms with E-state index in [1.165, 1.54) is 0 Å². The maximum Gasteiger partial charge on any atom is 0.233 e. The van der Waals surface area contributed by atoms with E-state index in [-0.39, 0.29) is 28.8 Å². The molecule has 1 aromatic carbocycles. The number of anilines is 1. The highest BCUT2D eigenvalue weighted by Gasteiger charge is 2.49. The number of aromatic nitrogens is 1. The van der Waals surface area contributed by atoms with Crippen LogP contribution in [0.4, 0.5) is 10.1 Å². The largest absolute Gasteiger partial charge is 0.342 e. The summed E-state index contributed by atoms with van der Waals surface area (Å²) in [6.07, 6.45) is 2.05. The van der Waals surface area contributed by atoms with Crippen LogP contribution < -0.4 is 4.90 Å². The number of carbonyl (C=O) groups excluding carboxylic acids is 2. The number of likely N-dealkylation sites (tertiary alicyclic amines) is 1. The van der Waals surface area contributed by atoms with Crippen LogP contribution in [0.1, 0.15) is 23.9 Å². The van der Waals surface area contributed by atoms with E-state index in [1.807, 2.05) is 17.0 Å². The lowest BCUT2D eigenvalue weighted by Crippen LogP contribution is -2.40. The Morgan fingerprint density at radius 1 is 1.38 bits per heavy atom. The van der Waals surface area contributed by atoms with Gasteiger partial charge < -0.3 is 9.80 Å². The highest BCUT2D eigenvalue weighted by atomic mass is 79.9. The van der Waals surface area contributed by atoms with Crippen LogP contribution in [-0.2, 0) is 21.4 Å². The van der Waals surface area contributed by atoms with Crippen molar-refractivity contribution in [1.82, 2.24) is 9.88 Å². The third-order valence-corrected chi connectivity index (χ3v) is 6.49. The third-order valence-electron chi connectivity index (χ3n) is 5.21. The average Bonchev–Trinajstić information content (AvgIpc) is 3.27. The Morgan fingerprint density at radius 3 is 2.85 bits per heavy atom. The summed E-state index contributed by atoms with van der Waals surface area (Å²) in [5.74, 6) is -0.0393. The number of benzene rings is 1. The van der Waals surface area contributed by atoms with Gasteiger partial charge >= 0.3 is 0 Å². The van der Waals surface area contributed by atoms with Gasteiger partial charge in [0, 0.05) is 42.1 Å². The lowest BCUT2D eigenvalue weighted by atomic mass is 9.81. The molecule has 2 amide bonds. The molecule has 8 heteroatoms. The van der Waals surface area contributed by atoms with E-state index in [4.69, 9.17) is 0 Å². The fourth-order valence-electron chi connectivity index (χ4n) is 3.95. The Hall–Kier alpha value is -1.80. The predicted molar refractivity (Wildman–Crippen MR) is 101 cm³/mol. The van der Waals surface area contributed by atoms with Crippen LogP contribution >= 0.6 is 27.3 Å². The molecule has 1 fully saturated rings. The maximum absolute atomic E-state index is 13.2. The van der Waals surface area contributed by atoms with Gasteiger partial charge in [-0.25, -0.2) is 4.98 Å². The van der Waals surface area contributed by atoms with Crippen LogP contribution in [0.15, 0.2) is 28.9 Å². The molecule has 1 atom stereocenters. The zero-order chi connectivity index (χ0) is 18.5. The van der Waals surface area contributed by atoms with Gasteiger partial charge in [-0.2, -0.15) is 4.39 Å². The lowest BCUT2D eigenvalue weighted by Gasteiger charge is -2.25. The molecule has 0 radical (unpaired) electrons. The molecule has 1 saturated heterocycles. The van der Waals surface area contributed by atoms with Gasteiger partial charge in [0.15, 0.2) is 5.13 Å². The molecule has 2 aliphatic rings. The van der Waals surface area contributed by atoms with Crippen molar-refractivity contribution in [2.45, 2.75) is 25.2 Å². The maximum atomic E-state index is 13.2. The molecule has 2 aliphatic heterocycles. The first-order valence-electron chi connectivity index (χ1n) is 8.34. The molecule has 136 valence electrons. The van der Waals surface area contributed by atoms with Crippen molar-refractivity contribution in [3.05, 3.63) is 44.6 Å². The molecule has 0 aliphatic carbocycles.